The van der Waals surface area contributed by atoms with Crippen LogP contribution >= 0.6 is 0 Å². The summed E-state index contributed by atoms with van der Waals surface area (Å²) >= 11 is 0. The molecule has 0 N–H and O–H groups in total. The molecule has 0 spiro atoms. The van der Waals surface area contributed by atoms with Crippen molar-refractivity contribution in [1.29, 1.82) is 0 Å². The maximum Gasteiger partial charge on any atom is 0.283 e. The van der Waals surface area contributed by atoms with Gasteiger partial charge in [-0.05, 0) is 19.1 Å². The van der Waals surface area contributed by atoms with Crippen LogP contribution < -0.4 is 0 Å². The van der Waals surface area contributed by atoms with Crippen molar-refractivity contribution in [1.82, 2.24) is 14.1 Å². The molecule has 20 heavy (non-hydrogen) atoms. The highest BCUT2D eigenvalue weighted by atomic mass is 32.2. The van der Waals surface area contributed by atoms with Crippen molar-refractivity contribution >= 4 is 15.9 Å². The number of hydrogen-bond donors (Lipinski definition) is 0. The topological polar surface area (TPSA) is 72.3 Å². The summed E-state index contributed by atoms with van der Waals surface area (Å²) in [7, 11) is -2.21. The minimum absolute atomic E-state index is 0.122. The quantitative estimate of drug-likeness (QED) is 0.828. The Labute approximate surface area is 116 Å². The highest BCUT2D eigenvalue weighted by Gasteiger charge is 2.34. The number of amides is 1. The van der Waals surface area contributed by atoms with Gasteiger partial charge in [0, 0.05) is 19.2 Å². The molecule has 2 aromatic rings. The monoisotopic (exact) mass is 291 g/mol. The molecule has 1 amide bonds. The Morgan fingerprint density at radius 2 is 1.85 bits per heavy atom. The molecule has 104 valence electrons. The first kappa shape index (κ1) is 12.9. The van der Waals surface area contributed by atoms with Gasteiger partial charge in [0.1, 0.15) is 5.69 Å². The third kappa shape index (κ3) is 1.74. The minimum Gasteiger partial charge on any atom is -0.336 e. The molecule has 0 saturated heterocycles. The molecule has 1 aliphatic heterocycles. The number of hydrogen-bond acceptors (Lipinski definition) is 4. The number of benzene rings is 1. The van der Waals surface area contributed by atoms with Gasteiger partial charge in [-0.15, -0.1) is 4.09 Å². The first-order chi connectivity index (χ1) is 9.41. The van der Waals surface area contributed by atoms with E-state index >= 15 is 0 Å². The van der Waals surface area contributed by atoms with Crippen molar-refractivity contribution in [3.63, 3.8) is 0 Å². The number of rotatable bonds is 2. The minimum atomic E-state index is -3.84. The van der Waals surface area contributed by atoms with Crippen molar-refractivity contribution in [3.05, 3.63) is 47.3 Å². The summed E-state index contributed by atoms with van der Waals surface area (Å²) in [5, 5.41) is 3.87. The molecule has 7 heteroatoms. The van der Waals surface area contributed by atoms with Gasteiger partial charge in [-0.1, -0.05) is 17.7 Å². The highest BCUT2D eigenvalue weighted by Crippen LogP contribution is 2.24. The van der Waals surface area contributed by atoms with E-state index in [-0.39, 0.29) is 16.5 Å². The van der Waals surface area contributed by atoms with E-state index in [1.165, 1.54) is 23.2 Å². The molecule has 6 nitrogen and oxygen atoms in total. The maximum absolute atomic E-state index is 12.5. The van der Waals surface area contributed by atoms with Crippen LogP contribution in [0.3, 0.4) is 0 Å². The molecule has 3 rings (SSSR count). The Hall–Kier alpha value is -2.15. The Morgan fingerprint density at radius 1 is 1.20 bits per heavy atom. The van der Waals surface area contributed by atoms with Crippen LogP contribution in [0.5, 0.6) is 0 Å². The van der Waals surface area contributed by atoms with Crippen LogP contribution in [0.1, 0.15) is 21.6 Å². The molecule has 1 aromatic heterocycles. The zero-order valence-corrected chi connectivity index (χ0v) is 11.9. The first-order valence-electron chi connectivity index (χ1n) is 6.06. The Bertz CT molecular complexity index is 791. The first-order valence-corrected chi connectivity index (χ1v) is 7.50. The summed E-state index contributed by atoms with van der Waals surface area (Å²) in [5.74, 6) is -0.326. The van der Waals surface area contributed by atoms with E-state index in [4.69, 9.17) is 0 Å². The largest absolute Gasteiger partial charge is 0.336 e. The third-order valence-electron chi connectivity index (χ3n) is 3.32. The molecule has 0 saturated carbocycles. The standard InChI is InChI=1S/C13H13N3O3S/c1-9-3-5-11(6-4-9)20(18,19)16-12-10(7-14-16)8-15(2)13(12)17/h3-7H,8H2,1-2H3. The molecule has 2 heterocycles. The van der Waals surface area contributed by atoms with Gasteiger partial charge in [-0.2, -0.15) is 13.5 Å². The van der Waals surface area contributed by atoms with E-state index in [9.17, 15) is 13.2 Å². The van der Waals surface area contributed by atoms with Crippen LogP contribution in [0, 0.1) is 6.92 Å². The van der Waals surface area contributed by atoms with Crippen LogP contribution in [0.4, 0.5) is 0 Å². The van der Waals surface area contributed by atoms with E-state index in [0.717, 1.165) is 9.65 Å². The van der Waals surface area contributed by atoms with Gasteiger partial charge in [0.2, 0.25) is 0 Å². The van der Waals surface area contributed by atoms with Crippen molar-refractivity contribution in [2.75, 3.05) is 7.05 Å². The lowest BCUT2D eigenvalue weighted by molar-refractivity contribution is 0.0809. The summed E-state index contributed by atoms with van der Waals surface area (Å²) in [6.45, 7) is 2.26. The molecule has 0 unspecified atom stereocenters. The van der Waals surface area contributed by atoms with Gasteiger partial charge in [0.15, 0.2) is 0 Å². The van der Waals surface area contributed by atoms with Gasteiger partial charge in [-0.3, -0.25) is 4.79 Å². The highest BCUT2D eigenvalue weighted by molar-refractivity contribution is 7.89. The zero-order chi connectivity index (χ0) is 14.5. The number of fused-ring (bicyclic) bond motifs is 1. The normalized spacial score (nSPS) is 14.7. The zero-order valence-electron chi connectivity index (χ0n) is 11.1. The van der Waals surface area contributed by atoms with E-state index < -0.39 is 10.0 Å². The average Bonchev–Trinajstić information content (AvgIpc) is 2.92. The van der Waals surface area contributed by atoms with Crippen molar-refractivity contribution < 1.29 is 13.2 Å². The second kappa shape index (κ2) is 4.17. The number of aromatic nitrogens is 2. The molecular formula is C13H13N3O3S. The fourth-order valence-corrected chi connectivity index (χ4v) is 3.49. The van der Waals surface area contributed by atoms with E-state index in [1.54, 1.807) is 19.2 Å². The van der Waals surface area contributed by atoms with Crippen LogP contribution in [0.2, 0.25) is 0 Å². The Morgan fingerprint density at radius 3 is 2.50 bits per heavy atom. The Kier molecular flexibility index (Phi) is 2.68. The molecule has 1 aliphatic rings. The van der Waals surface area contributed by atoms with Crippen molar-refractivity contribution in [3.8, 4) is 0 Å². The van der Waals surface area contributed by atoms with Gasteiger partial charge >= 0.3 is 0 Å². The third-order valence-corrected chi connectivity index (χ3v) is 4.92. The summed E-state index contributed by atoms with van der Waals surface area (Å²) in [6, 6.07) is 6.46. The average molecular weight is 291 g/mol. The number of nitrogens with zero attached hydrogens (tertiary/aromatic N) is 3. The molecule has 1 aromatic carbocycles. The second-order valence-electron chi connectivity index (χ2n) is 4.84. The Balaban J connectivity index is 2.15. The summed E-state index contributed by atoms with van der Waals surface area (Å²) in [5.41, 5.74) is 1.73. The molecule has 0 radical (unpaired) electrons. The lowest BCUT2D eigenvalue weighted by atomic mass is 10.2. The summed E-state index contributed by atoms with van der Waals surface area (Å²) in [4.78, 5) is 13.6. The fourth-order valence-electron chi connectivity index (χ4n) is 2.20. The lowest BCUT2D eigenvalue weighted by Crippen LogP contribution is -2.24. The van der Waals surface area contributed by atoms with Crippen LogP contribution in [0.15, 0.2) is 35.4 Å². The van der Waals surface area contributed by atoms with Gasteiger partial charge < -0.3 is 4.90 Å². The summed E-state index contributed by atoms with van der Waals surface area (Å²) in [6.07, 6.45) is 1.43. The molecule has 0 bridgehead atoms. The molecule has 0 fully saturated rings. The smallest absolute Gasteiger partial charge is 0.283 e. The van der Waals surface area contributed by atoms with E-state index in [0.29, 0.717) is 12.1 Å². The number of carbonyl (C=O) groups is 1. The number of carbonyl (C=O) groups excluding carboxylic acids is 1. The van der Waals surface area contributed by atoms with Crippen LogP contribution in [-0.2, 0) is 16.6 Å². The molecular weight excluding hydrogens is 278 g/mol. The van der Waals surface area contributed by atoms with Crippen LogP contribution in [0.25, 0.3) is 0 Å². The fraction of sp³-hybridized carbons (Fsp3) is 0.231. The molecule has 0 aliphatic carbocycles. The van der Waals surface area contributed by atoms with Gasteiger partial charge in [0.25, 0.3) is 15.9 Å². The van der Waals surface area contributed by atoms with E-state index in [1.807, 2.05) is 6.92 Å². The molecule has 0 atom stereocenters. The second-order valence-corrected chi connectivity index (χ2v) is 6.61. The van der Waals surface area contributed by atoms with Crippen molar-refractivity contribution in [2.45, 2.75) is 18.4 Å². The van der Waals surface area contributed by atoms with Crippen molar-refractivity contribution in [2.24, 2.45) is 0 Å². The predicted molar refractivity (Wildman–Crippen MR) is 71.8 cm³/mol. The van der Waals surface area contributed by atoms with Crippen LogP contribution in [-0.4, -0.2) is 35.5 Å². The number of aryl methyl sites for hydroxylation is 1. The van der Waals surface area contributed by atoms with Gasteiger partial charge in [-0.25, -0.2) is 0 Å². The predicted octanol–water partition coefficient (Wildman–Crippen LogP) is 1.01. The SMILES string of the molecule is Cc1ccc(S(=O)(=O)n2ncc3c2C(=O)N(C)C3)cc1. The summed E-state index contributed by atoms with van der Waals surface area (Å²) < 4.78 is 25.9. The van der Waals surface area contributed by atoms with E-state index in [2.05, 4.69) is 5.10 Å². The van der Waals surface area contributed by atoms with Gasteiger partial charge in [0.05, 0.1) is 11.1 Å². The lowest BCUT2D eigenvalue weighted by Gasteiger charge is -2.09. The maximum atomic E-state index is 12.5.